The van der Waals surface area contributed by atoms with Crippen LogP contribution in [0.3, 0.4) is 0 Å². The Morgan fingerprint density at radius 3 is 2.33 bits per heavy atom. The van der Waals surface area contributed by atoms with Crippen LogP contribution in [0, 0.1) is 10.1 Å². The standard InChI is InChI=1S/C22H21N3O7S/c26-22(20-11-10-18(32-20)16-31-17-6-2-1-3-7-17)23-12-14-24(15-13-23)33(29,30)21-9-5-4-8-19(21)25(27)28/h1-11H,12-16H2. The summed E-state index contributed by atoms with van der Waals surface area (Å²) in [5, 5.41) is 11.2. The molecule has 10 nitrogen and oxygen atoms in total. The van der Waals surface area contributed by atoms with Gasteiger partial charge < -0.3 is 14.1 Å². The number of amides is 1. The summed E-state index contributed by atoms with van der Waals surface area (Å²) in [5.74, 6) is 0.943. The largest absolute Gasteiger partial charge is 0.486 e. The van der Waals surface area contributed by atoms with Crippen LogP contribution in [0.25, 0.3) is 0 Å². The average Bonchev–Trinajstić information content (AvgIpc) is 3.32. The summed E-state index contributed by atoms with van der Waals surface area (Å²) < 4.78 is 38.2. The van der Waals surface area contributed by atoms with Crippen molar-refractivity contribution >= 4 is 21.6 Å². The molecule has 0 saturated carbocycles. The van der Waals surface area contributed by atoms with Crippen LogP contribution in [-0.4, -0.2) is 54.6 Å². The topological polar surface area (TPSA) is 123 Å². The van der Waals surface area contributed by atoms with E-state index in [9.17, 15) is 23.3 Å². The number of nitro groups is 1. The van der Waals surface area contributed by atoms with E-state index in [0.717, 1.165) is 10.4 Å². The van der Waals surface area contributed by atoms with Crippen LogP contribution in [-0.2, 0) is 16.6 Å². The Morgan fingerprint density at radius 1 is 0.970 bits per heavy atom. The highest BCUT2D eigenvalue weighted by atomic mass is 32.2. The number of furan rings is 1. The predicted octanol–water partition coefficient (Wildman–Crippen LogP) is 2.91. The molecule has 1 aliphatic rings. The van der Waals surface area contributed by atoms with Crippen molar-refractivity contribution in [2.75, 3.05) is 26.2 Å². The van der Waals surface area contributed by atoms with Crippen LogP contribution in [0.1, 0.15) is 16.3 Å². The summed E-state index contributed by atoms with van der Waals surface area (Å²) in [6.07, 6.45) is 0. The Labute approximate surface area is 190 Å². The fourth-order valence-electron chi connectivity index (χ4n) is 3.49. The van der Waals surface area contributed by atoms with E-state index in [0.29, 0.717) is 11.5 Å². The monoisotopic (exact) mass is 471 g/mol. The number of nitro benzene ring substituents is 1. The fraction of sp³-hybridized carbons (Fsp3) is 0.227. The third-order valence-electron chi connectivity index (χ3n) is 5.20. The molecular formula is C22H21N3O7S. The molecule has 1 aliphatic heterocycles. The number of carbonyl (C=O) groups is 1. The highest BCUT2D eigenvalue weighted by Crippen LogP contribution is 2.27. The minimum absolute atomic E-state index is 0.0187. The first-order valence-corrected chi connectivity index (χ1v) is 11.6. The van der Waals surface area contributed by atoms with Gasteiger partial charge in [-0.1, -0.05) is 30.3 Å². The normalized spacial score (nSPS) is 14.7. The van der Waals surface area contributed by atoms with Gasteiger partial charge in [0.25, 0.3) is 11.6 Å². The zero-order valence-corrected chi connectivity index (χ0v) is 18.3. The van der Waals surface area contributed by atoms with Crippen molar-refractivity contribution in [1.29, 1.82) is 0 Å². The molecule has 11 heteroatoms. The predicted molar refractivity (Wildman–Crippen MR) is 117 cm³/mol. The Hall–Kier alpha value is -3.70. The molecule has 2 aromatic carbocycles. The quantitative estimate of drug-likeness (QED) is 0.383. The minimum Gasteiger partial charge on any atom is -0.486 e. The molecule has 0 atom stereocenters. The highest BCUT2D eigenvalue weighted by Gasteiger charge is 2.35. The van der Waals surface area contributed by atoms with Crippen LogP contribution in [0.4, 0.5) is 5.69 Å². The maximum absolute atomic E-state index is 12.9. The summed E-state index contributed by atoms with van der Waals surface area (Å²) in [4.78, 5) is 24.4. The van der Waals surface area contributed by atoms with E-state index in [4.69, 9.17) is 9.15 Å². The number of hydrogen-bond acceptors (Lipinski definition) is 7. The summed E-state index contributed by atoms with van der Waals surface area (Å²) in [7, 11) is -4.07. The van der Waals surface area contributed by atoms with Gasteiger partial charge in [0.2, 0.25) is 10.0 Å². The van der Waals surface area contributed by atoms with Crippen LogP contribution in [0.2, 0.25) is 0 Å². The molecule has 1 amide bonds. The second-order valence-corrected chi connectivity index (χ2v) is 9.20. The molecule has 1 saturated heterocycles. The second-order valence-electron chi connectivity index (χ2n) is 7.29. The first-order valence-electron chi connectivity index (χ1n) is 10.2. The third-order valence-corrected chi connectivity index (χ3v) is 7.15. The molecule has 0 unspecified atom stereocenters. The van der Waals surface area contributed by atoms with Gasteiger partial charge in [-0.15, -0.1) is 0 Å². The molecule has 0 N–H and O–H groups in total. The van der Waals surface area contributed by atoms with Crippen LogP contribution >= 0.6 is 0 Å². The molecule has 4 rings (SSSR count). The molecule has 0 bridgehead atoms. The molecule has 172 valence electrons. The lowest BCUT2D eigenvalue weighted by Crippen LogP contribution is -2.50. The van der Waals surface area contributed by atoms with E-state index in [2.05, 4.69) is 0 Å². The number of ether oxygens (including phenoxy) is 1. The zero-order valence-electron chi connectivity index (χ0n) is 17.5. The van der Waals surface area contributed by atoms with Crippen LogP contribution in [0.5, 0.6) is 5.75 Å². The summed E-state index contributed by atoms with van der Waals surface area (Å²) in [6, 6.07) is 17.6. The molecule has 0 radical (unpaired) electrons. The molecule has 33 heavy (non-hydrogen) atoms. The van der Waals surface area contributed by atoms with Gasteiger partial charge in [-0.05, 0) is 30.3 Å². The number of benzene rings is 2. The van der Waals surface area contributed by atoms with Gasteiger partial charge in [0, 0.05) is 32.2 Å². The van der Waals surface area contributed by atoms with Crippen LogP contribution in [0.15, 0.2) is 76.0 Å². The molecule has 0 aliphatic carbocycles. The molecule has 2 heterocycles. The SMILES string of the molecule is O=C(c1ccc(COc2ccccc2)o1)N1CCN(S(=O)(=O)c2ccccc2[N+](=O)[O-])CC1. The van der Waals surface area contributed by atoms with Gasteiger partial charge >= 0.3 is 0 Å². The summed E-state index contributed by atoms with van der Waals surface area (Å²) in [5.41, 5.74) is -0.475. The number of hydrogen-bond donors (Lipinski definition) is 0. The third kappa shape index (κ3) is 4.89. The summed E-state index contributed by atoms with van der Waals surface area (Å²) >= 11 is 0. The second kappa shape index (κ2) is 9.43. The molecule has 3 aromatic rings. The van der Waals surface area contributed by atoms with Gasteiger partial charge in [-0.3, -0.25) is 14.9 Å². The first kappa shape index (κ1) is 22.5. The van der Waals surface area contributed by atoms with Crippen molar-refractivity contribution in [1.82, 2.24) is 9.21 Å². The maximum atomic E-state index is 12.9. The van der Waals surface area contributed by atoms with E-state index in [1.807, 2.05) is 30.3 Å². The van der Waals surface area contributed by atoms with Gasteiger partial charge in [0.05, 0.1) is 4.92 Å². The number of carbonyl (C=O) groups excluding carboxylic acids is 1. The number of nitrogens with zero attached hydrogens (tertiary/aromatic N) is 3. The van der Waals surface area contributed by atoms with E-state index in [-0.39, 0.29) is 49.3 Å². The maximum Gasteiger partial charge on any atom is 0.289 e. The Bertz CT molecular complexity index is 1250. The smallest absolute Gasteiger partial charge is 0.289 e. The van der Waals surface area contributed by atoms with E-state index >= 15 is 0 Å². The first-order chi connectivity index (χ1) is 15.9. The molecule has 1 fully saturated rings. The van der Waals surface area contributed by atoms with Gasteiger partial charge in [0.15, 0.2) is 10.7 Å². The van der Waals surface area contributed by atoms with E-state index in [1.54, 1.807) is 12.1 Å². The Balaban J connectivity index is 1.38. The van der Waals surface area contributed by atoms with Gasteiger partial charge in [-0.25, -0.2) is 8.42 Å². The Kier molecular flexibility index (Phi) is 6.43. The Morgan fingerprint density at radius 2 is 1.64 bits per heavy atom. The molecular weight excluding hydrogens is 450 g/mol. The highest BCUT2D eigenvalue weighted by molar-refractivity contribution is 7.89. The van der Waals surface area contributed by atoms with Crippen molar-refractivity contribution in [3.8, 4) is 5.75 Å². The van der Waals surface area contributed by atoms with E-state index in [1.165, 1.54) is 23.1 Å². The number of piperazine rings is 1. The van der Waals surface area contributed by atoms with Gasteiger partial charge in [-0.2, -0.15) is 4.31 Å². The van der Waals surface area contributed by atoms with Crippen molar-refractivity contribution in [3.63, 3.8) is 0 Å². The lowest BCUT2D eigenvalue weighted by molar-refractivity contribution is -0.387. The van der Waals surface area contributed by atoms with Crippen molar-refractivity contribution in [2.24, 2.45) is 0 Å². The van der Waals surface area contributed by atoms with Crippen molar-refractivity contribution in [2.45, 2.75) is 11.5 Å². The zero-order chi connectivity index (χ0) is 23.4. The number of para-hydroxylation sites is 2. The number of rotatable bonds is 7. The van der Waals surface area contributed by atoms with Crippen molar-refractivity contribution < 1.29 is 27.3 Å². The van der Waals surface area contributed by atoms with E-state index < -0.39 is 20.6 Å². The number of sulfonamides is 1. The molecule has 0 spiro atoms. The summed E-state index contributed by atoms with van der Waals surface area (Å²) in [6.45, 7) is 0.471. The minimum atomic E-state index is -4.07. The lowest BCUT2D eigenvalue weighted by atomic mass is 10.3. The van der Waals surface area contributed by atoms with Crippen molar-refractivity contribution in [3.05, 3.63) is 88.4 Å². The molecule has 1 aromatic heterocycles. The average molecular weight is 471 g/mol. The lowest BCUT2D eigenvalue weighted by Gasteiger charge is -2.33. The van der Waals surface area contributed by atoms with Crippen LogP contribution < -0.4 is 4.74 Å². The van der Waals surface area contributed by atoms with Gasteiger partial charge in [0.1, 0.15) is 18.1 Å². The fourth-order valence-corrected chi connectivity index (χ4v) is 5.07.